The van der Waals surface area contributed by atoms with Gasteiger partial charge in [0.25, 0.3) is 0 Å². The summed E-state index contributed by atoms with van der Waals surface area (Å²) in [5.41, 5.74) is 7.73. The number of nitrogens with two attached hydrogens (primary N) is 1. The van der Waals surface area contributed by atoms with Gasteiger partial charge in [-0.25, -0.2) is 4.79 Å². The quantitative estimate of drug-likeness (QED) is 0.202. The molecule has 0 saturated heterocycles. The Morgan fingerprint density at radius 1 is 0.872 bits per heavy atom. The van der Waals surface area contributed by atoms with E-state index >= 15 is 0 Å². The number of carbonyl (C=O) groups is 4. The summed E-state index contributed by atoms with van der Waals surface area (Å²) >= 11 is 0. The lowest BCUT2D eigenvalue weighted by molar-refractivity contribution is -0.143. The number of hydrogen-bond acceptors (Lipinski definition) is 5. The van der Waals surface area contributed by atoms with E-state index < -0.39 is 47.9 Å². The summed E-state index contributed by atoms with van der Waals surface area (Å²) in [5.74, 6) is -3.03. The Morgan fingerprint density at radius 3 is 2.05 bits per heavy atom. The number of para-hydroxylation sites is 1. The molecule has 0 saturated carbocycles. The van der Waals surface area contributed by atoms with Crippen molar-refractivity contribution in [2.75, 3.05) is 0 Å². The lowest BCUT2D eigenvalue weighted by atomic mass is 9.95. The molecule has 0 aliphatic heterocycles. The van der Waals surface area contributed by atoms with Crippen LogP contribution in [-0.2, 0) is 25.6 Å². The molecule has 10 heteroatoms. The third kappa shape index (κ3) is 8.81. The maximum atomic E-state index is 13.6. The number of nitrogens with one attached hydrogen (secondary N) is 4. The van der Waals surface area contributed by atoms with Crippen LogP contribution < -0.4 is 21.7 Å². The highest BCUT2D eigenvalue weighted by molar-refractivity contribution is 5.95. The van der Waals surface area contributed by atoms with Crippen LogP contribution in [0.2, 0.25) is 0 Å². The zero-order chi connectivity index (χ0) is 29.3. The van der Waals surface area contributed by atoms with Crippen molar-refractivity contribution < 1.29 is 24.3 Å². The van der Waals surface area contributed by atoms with Crippen LogP contribution >= 0.6 is 0 Å². The van der Waals surface area contributed by atoms with Crippen molar-refractivity contribution in [1.82, 2.24) is 20.9 Å². The van der Waals surface area contributed by atoms with Crippen LogP contribution in [0.25, 0.3) is 10.9 Å². The molecule has 0 radical (unpaired) electrons. The van der Waals surface area contributed by atoms with Gasteiger partial charge < -0.3 is 31.8 Å². The molecule has 2 aromatic rings. The van der Waals surface area contributed by atoms with Crippen LogP contribution in [0.3, 0.4) is 0 Å². The number of aliphatic carboxylic acids is 1. The number of rotatable bonds is 15. The molecule has 6 unspecified atom stereocenters. The van der Waals surface area contributed by atoms with Crippen LogP contribution in [0, 0.1) is 17.8 Å². The summed E-state index contributed by atoms with van der Waals surface area (Å²) in [6.45, 7) is 11.3. The third-order valence-corrected chi connectivity index (χ3v) is 7.36. The minimum Gasteiger partial charge on any atom is -0.480 e. The number of hydrogen-bond donors (Lipinski definition) is 6. The SMILES string of the molecule is CCC(C)C(NC(=O)C(Cc1c[nH]c2ccccc12)NC(=O)C(NC(=O)C(N)CC(C)C)C(C)CC)C(=O)O. The molecular weight excluding hydrogens is 498 g/mol. The zero-order valence-electron chi connectivity index (χ0n) is 23.9. The predicted molar refractivity (Wildman–Crippen MR) is 152 cm³/mol. The lowest BCUT2D eigenvalue weighted by Gasteiger charge is -2.29. The van der Waals surface area contributed by atoms with Crippen molar-refractivity contribution in [2.45, 2.75) is 91.4 Å². The summed E-state index contributed by atoms with van der Waals surface area (Å²) in [4.78, 5) is 54.9. The molecule has 3 amide bonds. The Morgan fingerprint density at radius 2 is 1.46 bits per heavy atom. The first-order valence-corrected chi connectivity index (χ1v) is 13.8. The largest absolute Gasteiger partial charge is 0.480 e. The van der Waals surface area contributed by atoms with Crippen LogP contribution in [-0.4, -0.2) is 57.9 Å². The average Bonchev–Trinajstić information content (AvgIpc) is 3.30. The monoisotopic (exact) mass is 543 g/mol. The smallest absolute Gasteiger partial charge is 0.326 e. The highest BCUT2D eigenvalue weighted by atomic mass is 16.4. The van der Waals surface area contributed by atoms with E-state index in [4.69, 9.17) is 5.73 Å². The van der Waals surface area contributed by atoms with E-state index in [1.165, 1.54) is 0 Å². The molecule has 7 N–H and O–H groups in total. The van der Waals surface area contributed by atoms with Gasteiger partial charge >= 0.3 is 5.97 Å². The van der Waals surface area contributed by atoms with E-state index in [0.29, 0.717) is 19.3 Å². The molecule has 1 heterocycles. The molecule has 2 rings (SSSR count). The Kier molecular flexibility index (Phi) is 12.0. The highest BCUT2D eigenvalue weighted by Crippen LogP contribution is 2.20. The summed E-state index contributed by atoms with van der Waals surface area (Å²) in [5, 5.41) is 18.8. The number of aromatic amines is 1. The van der Waals surface area contributed by atoms with Gasteiger partial charge in [0.15, 0.2) is 0 Å². The summed E-state index contributed by atoms with van der Waals surface area (Å²) in [6, 6.07) is 3.73. The minimum atomic E-state index is -1.14. The number of fused-ring (bicyclic) bond motifs is 1. The van der Waals surface area contributed by atoms with Gasteiger partial charge in [0.2, 0.25) is 17.7 Å². The van der Waals surface area contributed by atoms with Gasteiger partial charge in [-0.1, -0.05) is 72.6 Å². The van der Waals surface area contributed by atoms with Gasteiger partial charge in [-0.2, -0.15) is 0 Å². The van der Waals surface area contributed by atoms with E-state index in [0.717, 1.165) is 16.5 Å². The van der Waals surface area contributed by atoms with E-state index in [-0.39, 0.29) is 24.2 Å². The van der Waals surface area contributed by atoms with Crippen molar-refractivity contribution >= 4 is 34.6 Å². The van der Waals surface area contributed by atoms with Crippen LogP contribution in [0.1, 0.15) is 66.4 Å². The highest BCUT2D eigenvalue weighted by Gasteiger charge is 2.34. The van der Waals surface area contributed by atoms with Gasteiger partial charge in [-0.05, 0) is 35.8 Å². The van der Waals surface area contributed by atoms with E-state index in [2.05, 4.69) is 20.9 Å². The molecular formula is C29H45N5O5. The van der Waals surface area contributed by atoms with Crippen molar-refractivity contribution in [1.29, 1.82) is 0 Å². The van der Waals surface area contributed by atoms with Crippen LogP contribution in [0.4, 0.5) is 0 Å². The second kappa shape index (κ2) is 14.7. The Bertz CT molecular complexity index is 1130. The Labute approximate surface area is 230 Å². The Hall–Kier alpha value is -3.40. The van der Waals surface area contributed by atoms with E-state index in [1.807, 2.05) is 58.9 Å². The molecule has 39 heavy (non-hydrogen) atoms. The summed E-state index contributed by atoms with van der Waals surface area (Å²) in [7, 11) is 0. The second-order valence-corrected chi connectivity index (χ2v) is 10.9. The zero-order valence-corrected chi connectivity index (χ0v) is 23.9. The minimum absolute atomic E-state index is 0.127. The van der Waals surface area contributed by atoms with Crippen molar-refractivity contribution in [3.8, 4) is 0 Å². The first kappa shape index (κ1) is 31.8. The van der Waals surface area contributed by atoms with Crippen LogP contribution in [0.5, 0.6) is 0 Å². The predicted octanol–water partition coefficient (Wildman–Crippen LogP) is 2.72. The first-order valence-electron chi connectivity index (χ1n) is 13.8. The van der Waals surface area contributed by atoms with Crippen LogP contribution in [0.15, 0.2) is 30.5 Å². The fourth-order valence-corrected chi connectivity index (χ4v) is 4.51. The van der Waals surface area contributed by atoms with E-state index in [1.54, 1.807) is 13.1 Å². The molecule has 10 nitrogen and oxygen atoms in total. The lowest BCUT2D eigenvalue weighted by Crippen LogP contribution is -2.59. The fourth-order valence-electron chi connectivity index (χ4n) is 4.51. The number of carboxylic acids is 1. The number of carboxylic acid groups (broad SMARTS) is 1. The standard InChI is InChI=1S/C29H45N5O5/c1-7-17(5)24(33-26(35)21(30)13-16(3)4)28(37)32-23(27(36)34-25(29(38)39)18(6)8-2)14-19-15-31-22-12-10-9-11-20(19)22/h9-12,15-18,21,23-25,31H,7-8,13-14,30H2,1-6H3,(H,32,37)(H,33,35)(H,34,36)(H,38,39). The molecule has 6 atom stereocenters. The molecule has 0 aliphatic carbocycles. The molecule has 0 fully saturated rings. The number of amides is 3. The average molecular weight is 544 g/mol. The third-order valence-electron chi connectivity index (χ3n) is 7.36. The number of carbonyl (C=O) groups excluding carboxylic acids is 3. The van der Waals surface area contributed by atoms with E-state index in [9.17, 15) is 24.3 Å². The van der Waals surface area contributed by atoms with Gasteiger partial charge in [-0.3, -0.25) is 14.4 Å². The number of H-pyrrole nitrogens is 1. The Balaban J connectivity index is 2.35. The van der Waals surface area contributed by atoms with Gasteiger partial charge in [0.05, 0.1) is 6.04 Å². The van der Waals surface area contributed by atoms with Crippen molar-refractivity contribution in [3.63, 3.8) is 0 Å². The van der Waals surface area contributed by atoms with Gasteiger partial charge in [0, 0.05) is 23.5 Å². The topological polar surface area (TPSA) is 166 Å². The van der Waals surface area contributed by atoms with Crippen molar-refractivity contribution in [2.24, 2.45) is 23.5 Å². The fraction of sp³-hybridized carbons (Fsp3) is 0.586. The summed E-state index contributed by atoms with van der Waals surface area (Å²) in [6.07, 6.45) is 3.53. The molecule has 1 aromatic carbocycles. The molecule has 216 valence electrons. The summed E-state index contributed by atoms with van der Waals surface area (Å²) < 4.78 is 0. The maximum Gasteiger partial charge on any atom is 0.326 e. The van der Waals surface area contributed by atoms with Gasteiger partial charge in [-0.15, -0.1) is 0 Å². The van der Waals surface area contributed by atoms with Gasteiger partial charge in [0.1, 0.15) is 18.1 Å². The molecule has 1 aromatic heterocycles. The molecule has 0 aliphatic rings. The normalized spacial score (nSPS) is 16.1. The maximum absolute atomic E-state index is 13.6. The number of benzene rings is 1. The first-order chi connectivity index (χ1) is 18.4. The molecule has 0 spiro atoms. The number of aromatic nitrogens is 1. The van der Waals surface area contributed by atoms with Crippen molar-refractivity contribution in [3.05, 3.63) is 36.0 Å². The second-order valence-electron chi connectivity index (χ2n) is 10.9. The molecule has 0 bridgehead atoms.